The molecule has 0 saturated heterocycles. The highest BCUT2D eigenvalue weighted by molar-refractivity contribution is 6.00. The van der Waals surface area contributed by atoms with Gasteiger partial charge in [-0.1, -0.05) is 6.07 Å². The molecule has 2 amide bonds. The number of hydrogen-bond donors (Lipinski definition) is 2. The van der Waals surface area contributed by atoms with Gasteiger partial charge >= 0.3 is 0 Å². The third-order valence-electron chi connectivity index (χ3n) is 3.25. The quantitative estimate of drug-likeness (QED) is 0.482. The van der Waals surface area contributed by atoms with Crippen LogP contribution in [-0.4, -0.2) is 52.0 Å². The summed E-state index contributed by atoms with van der Waals surface area (Å²) in [5, 5.41) is 6.65. The molecule has 0 spiro atoms. The van der Waals surface area contributed by atoms with Crippen molar-refractivity contribution >= 4 is 17.5 Å². The Labute approximate surface area is 147 Å². The SMILES string of the molecule is COCC(=O)NN=C(C)CC(=O)NCCc1ccc(OC)c(OC)c1. The Morgan fingerprint density at radius 1 is 1.08 bits per heavy atom. The Kier molecular flexibility index (Phi) is 9.02. The molecule has 2 N–H and O–H groups in total. The van der Waals surface area contributed by atoms with Crippen LogP contribution in [0.4, 0.5) is 0 Å². The number of nitrogens with one attached hydrogen (secondary N) is 2. The third-order valence-corrected chi connectivity index (χ3v) is 3.25. The number of nitrogens with zero attached hydrogens (tertiary/aromatic N) is 1. The lowest BCUT2D eigenvalue weighted by atomic mass is 10.1. The summed E-state index contributed by atoms with van der Waals surface area (Å²) in [6, 6.07) is 5.63. The first kappa shape index (κ1) is 20.4. The van der Waals surface area contributed by atoms with Gasteiger partial charge in [0.15, 0.2) is 11.5 Å². The zero-order valence-electron chi connectivity index (χ0n) is 15.0. The number of amides is 2. The predicted molar refractivity (Wildman–Crippen MR) is 94.0 cm³/mol. The van der Waals surface area contributed by atoms with Crippen LogP contribution in [0.2, 0.25) is 0 Å². The number of ether oxygens (including phenoxy) is 3. The molecule has 0 unspecified atom stereocenters. The van der Waals surface area contributed by atoms with Crippen LogP contribution in [0, 0.1) is 0 Å². The first-order chi connectivity index (χ1) is 12.0. The average Bonchev–Trinajstić information content (AvgIpc) is 2.60. The fourth-order valence-corrected chi connectivity index (χ4v) is 2.04. The van der Waals surface area contributed by atoms with Crippen molar-refractivity contribution in [2.45, 2.75) is 19.8 Å². The van der Waals surface area contributed by atoms with Gasteiger partial charge in [0.25, 0.3) is 5.91 Å². The molecule has 8 heteroatoms. The molecule has 1 aromatic carbocycles. The van der Waals surface area contributed by atoms with E-state index in [9.17, 15) is 9.59 Å². The number of methoxy groups -OCH3 is 3. The number of benzene rings is 1. The van der Waals surface area contributed by atoms with Crippen LogP contribution in [0.1, 0.15) is 18.9 Å². The number of hydrazone groups is 1. The fourth-order valence-electron chi connectivity index (χ4n) is 2.04. The topological polar surface area (TPSA) is 98.2 Å². The summed E-state index contributed by atoms with van der Waals surface area (Å²) in [5.41, 5.74) is 3.84. The maximum absolute atomic E-state index is 11.9. The third kappa shape index (κ3) is 7.67. The molecule has 25 heavy (non-hydrogen) atoms. The number of rotatable bonds is 10. The average molecular weight is 351 g/mol. The van der Waals surface area contributed by atoms with Crippen LogP contribution in [0.25, 0.3) is 0 Å². The van der Waals surface area contributed by atoms with Gasteiger partial charge in [-0.25, -0.2) is 5.43 Å². The zero-order chi connectivity index (χ0) is 18.7. The van der Waals surface area contributed by atoms with Gasteiger partial charge in [0, 0.05) is 19.4 Å². The molecule has 0 aliphatic carbocycles. The number of carbonyl (C=O) groups excluding carboxylic acids is 2. The van der Waals surface area contributed by atoms with E-state index in [0.29, 0.717) is 30.2 Å². The van der Waals surface area contributed by atoms with E-state index in [0.717, 1.165) is 5.56 Å². The van der Waals surface area contributed by atoms with E-state index in [1.165, 1.54) is 7.11 Å². The van der Waals surface area contributed by atoms with Crippen LogP contribution < -0.4 is 20.2 Å². The van der Waals surface area contributed by atoms with Crippen molar-refractivity contribution < 1.29 is 23.8 Å². The van der Waals surface area contributed by atoms with Crippen molar-refractivity contribution in [3.05, 3.63) is 23.8 Å². The van der Waals surface area contributed by atoms with Crippen molar-refractivity contribution in [1.82, 2.24) is 10.7 Å². The minimum Gasteiger partial charge on any atom is -0.493 e. The maximum atomic E-state index is 11.9. The fraction of sp³-hybridized carbons (Fsp3) is 0.471. The first-order valence-corrected chi connectivity index (χ1v) is 7.78. The minimum absolute atomic E-state index is 0.0751. The second-order valence-electron chi connectivity index (χ2n) is 5.28. The lowest BCUT2D eigenvalue weighted by molar-refractivity contribution is -0.124. The molecule has 0 heterocycles. The molecule has 0 fully saturated rings. The molecule has 0 radical (unpaired) electrons. The van der Waals surface area contributed by atoms with Gasteiger partial charge in [0.1, 0.15) is 6.61 Å². The van der Waals surface area contributed by atoms with E-state index in [2.05, 4.69) is 20.6 Å². The highest BCUT2D eigenvalue weighted by Crippen LogP contribution is 2.27. The van der Waals surface area contributed by atoms with Gasteiger partial charge in [-0.2, -0.15) is 5.10 Å². The number of hydrogen-bond acceptors (Lipinski definition) is 6. The largest absolute Gasteiger partial charge is 0.493 e. The molecule has 0 atom stereocenters. The zero-order valence-corrected chi connectivity index (χ0v) is 15.0. The Bertz CT molecular complexity index is 616. The summed E-state index contributed by atoms with van der Waals surface area (Å²) in [7, 11) is 4.58. The van der Waals surface area contributed by atoms with Crippen molar-refractivity contribution in [3.63, 3.8) is 0 Å². The van der Waals surface area contributed by atoms with E-state index >= 15 is 0 Å². The van der Waals surface area contributed by atoms with E-state index in [-0.39, 0.29) is 24.8 Å². The molecule has 1 aromatic rings. The molecular formula is C17H25N3O5. The monoisotopic (exact) mass is 351 g/mol. The van der Waals surface area contributed by atoms with Gasteiger partial charge in [-0.15, -0.1) is 0 Å². The highest BCUT2D eigenvalue weighted by Gasteiger charge is 2.07. The summed E-state index contributed by atoms with van der Waals surface area (Å²) >= 11 is 0. The van der Waals surface area contributed by atoms with Gasteiger partial charge in [-0.3, -0.25) is 9.59 Å². The molecule has 0 saturated carbocycles. The van der Waals surface area contributed by atoms with Crippen LogP contribution in [-0.2, 0) is 20.7 Å². The van der Waals surface area contributed by atoms with Gasteiger partial charge in [0.05, 0.1) is 20.6 Å². The van der Waals surface area contributed by atoms with Gasteiger partial charge in [-0.05, 0) is 31.0 Å². The standard InChI is InChI=1S/C17H25N3O5/c1-12(19-20-17(22)11-23-2)9-16(21)18-8-7-13-5-6-14(24-3)15(10-13)25-4/h5-6,10H,7-9,11H2,1-4H3,(H,18,21)(H,20,22). The van der Waals surface area contributed by atoms with Crippen LogP contribution in [0.5, 0.6) is 11.5 Å². The molecule has 0 aliphatic rings. The molecule has 8 nitrogen and oxygen atoms in total. The lowest BCUT2D eigenvalue weighted by Gasteiger charge is -2.10. The maximum Gasteiger partial charge on any atom is 0.266 e. The normalized spacial score (nSPS) is 11.0. The first-order valence-electron chi connectivity index (χ1n) is 7.78. The minimum atomic E-state index is -0.365. The Morgan fingerprint density at radius 3 is 2.44 bits per heavy atom. The Hall–Kier alpha value is -2.61. The Balaban J connectivity index is 2.39. The summed E-state index contributed by atoms with van der Waals surface area (Å²) in [4.78, 5) is 23.1. The van der Waals surface area contributed by atoms with Crippen LogP contribution in [0.15, 0.2) is 23.3 Å². The van der Waals surface area contributed by atoms with E-state index < -0.39 is 0 Å². The molecule has 0 aliphatic heterocycles. The predicted octanol–water partition coefficient (Wildman–Crippen LogP) is 0.891. The summed E-state index contributed by atoms with van der Waals surface area (Å²) in [6.07, 6.45) is 0.770. The van der Waals surface area contributed by atoms with Crippen molar-refractivity contribution in [2.75, 3.05) is 34.5 Å². The molecule has 0 aromatic heterocycles. The summed E-state index contributed by atoms with van der Waals surface area (Å²) in [6.45, 7) is 2.08. The number of carbonyl (C=O) groups is 2. The van der Waals surface area contributed by atoms with Gasteiger partial charge < -0.3 is 19.5 Å². The van der Waals surface area contributed by atoms with Crippen molar-refractivity contribution in [3.8, 4) is 11.5 Å². The van der Waals surface area contributed by atoms with Crippen molar-refractivity contribution in [2.24, 2.45) is 5.10 Å². The Morgan fingerprint density at radius 2 is 1.80 bits per heavy atom. The lowest BCUT2D eigenvalue weighted by Crippen LogP contribution is -2.28. The highest BCUT2D eigenvalue weighted by atomic mass is 16.5. The molecule has 0 bridgehead atoms. The van der Waals surface area contributed by atoms with Crippen LogP contribution in [0.3, 0.4) is 0 Å². The van der Waals surface area contributed by atoms with E-state index in [1.807, 2.05) is 18.2 Å². The smallest absolute Gasteiger partial charge is 0.266 e. The summed E-state index contributed by atoms with van der Waals surface area (Å²) in [5.74, 6) is 0.789. The molecular weight excluding hydrogens is 326 g/mol. The molecule has 138 valence electrons. The van der Waals surface area contributed by atoms with Gasteiger partial charge in [0.2, 0.25) is 5.91 Å². The van der Waals surface area contributed by atoms with E-state index in [4.69, 9.17) is 9.47 Å². The second-order valence-corrected chi connectivity index (χ2v) is 5.28. The summed E-state index contributed by atoms with van der Waals surface area (Å²) < 4.78 is 15.1. The van der Waals surface area contributed by atoms with Crippen LogP contribution >= 0.6 is 0 Å². The second kappa shape index (κ2) is 11.0. The van der Waals surface area contributed by atoms with E-state index in [1.54, 1.807) is 21.1 Å². The molecule has 1 rings (SSSR count). The van der Waals surface area contributed by atoms with Crippen molar-refractivity contribution in [1.29, 1.82) is 0 Å².